The van der Waals surface area contributed by atoms with Crippen LogP contribution in [-0.2, 0) is 13.6 Å². The quantitative estimate of drug-likeness (QED) is 0.804. The Morgan fingerprint density at radius 1 is 1.44 bits per heavy atom. The molecule has 0 amide bonds. The number of hydrogen-bond acceptors (Lipinski definition) is 1. The second kappa shape index (κ2) is 3.92. The molecule has 2 aliphatic rings. The number of hydrogen-bond donors (Lipinski definition) is 1. The van der Waals surface area contributed by atoms with Gasteiger partial charge in [-0.25, -0.2) is 0 Å². The third kappa shape index (κ3) is 1.91. The van der Waals surface area contributed by atoms with Crippen LogP contribution in [-0.4, -0.2) is 11.1 Å². The number of aryl methyl sites for hydroxylation is 1. The summed E-state index contributed by atoms with van der Waals surface area (Å²) < 4.78 is 2.12. The molecular weight excluding hydrogens is 196 g/mol. The van der Waals surface area contributed by atoms with Gasteiger partial charge in [0.15, 0.2) is 0 Å². The average Bonchev–Trinajstić information content (AvgIpc) is 2.96. The van der Waals surface area contributed by atoms with Crippen molar-refractivity contribution >= 4 is 0 Å². The van der Waals surface area contributed by atoms with Gasteiger partial charge in [-0.3, -0.25) is 0 Å². The standard InChI is InChI=1S/C14H22N2/c1-16-8-5-12(10-16)9-15-11-14(6-2-7-14)13-3-4-13/h5,8,10,13,15H,2-4,6-7,9,11H2,1H3. The van der Waals surface area contributed by atoms with E-state index in [4.69, 9.17) is 0 Å². The highest BCUT2D eigenvalue weighted by molar-refractivity contribution is 5.10. The maximum absolute atomic E-state index is 3.67. The van der Waals surface area contributed by atoms with E-state index in [1.807, 2.05) is 0 Å². The van der Waals surface area contributed by atoms with Crippen LogP contribution < -0.4 is 5.32 Å². The Hall–Kier alpha value is -0.760. The second-order valence-electron chi connectivity index (χ2n) is 5.78. The summed E-state index contributed by atoms with van der Waals surface area (Å²) in [4.78, 5) is 0. The van der Waals surface area contributed by atoms with Crippen molar-refractivity contribution in [1.29, 1.82) is 0 Å². The Morgan fingerprint density at radius 3 is 2.75 bits per heavy atom. The van der Waals surface area contributed by atoms with Crippen LogP contribution in [0.25, 0.3) is 0 Å². The van der Waals surface area contributed by atoms with E-state index in [1.54, 1.807) is 0 Å². The minimum Gasteiger partial charge on any atom is -0.357 e. The lowest BCUT2D eigenvalue weighted by Gasteiger charge is -2.43. The van der Waals surface area contributed by atoms with Gasteiger partial charge < -0.3 is 9.88 Å². The lowest BCUT2D eigenvalue weighted by molar-refractivity contribution is 0.0987. The number of aromatic nitrogens is 1. The minimum absolute atomic E-state index is 0.703. The van der Waals surface area contributed by atoms with Crippen LogP contribution in [0.1, 0.15) is 37.7 Å². The largest absolute Gasteiger partial charge is 0.357 e. The SMILES string of the molecule is Cn1ccc(CNCC2(C3CC3)CCC2)c1. The number of nitrogens with one attached hydrogen (secondary N) is 1. The highest BCUT2D eigenvalue weighted by Crippen LogP contribution is 2.56. The fourth-order valence-electron chi connectivity index (χ4n) is 3.18. The maximum atomic E-state index is 3.67. The summed E-state index contributed by atoms with van der Waals surface area (Å²) in [5.74, 6) is 1.06. The molecule has 0 aromatic carbocycles. The molecule has 1 aromatic rings. The Bertz CT molecular complexity index is 359. The molecule has 3 rings (SSSR count). The topological polar surface area (TPSA) is 17.0 Å². The molecule has 2 heteroatoms. The number of nitrogens with zero attached hydrogens (tertiary/aromatic N) is 1. The first kappa shape index (κ1) is 10.4. The first-order chi connectivity index (χ1) is 7.78. The first-order valence-electron chi connectivity index (χ1n) is 6.60. The molecule has 0 unspecified atom stereocenters. The van der Waals surface area contributed by atoms with Crippen molar-refractivity contribution in [2.45, 2.75) is 38.6 Å². The van der Waals surface area contributed by atoms with Gasteiger partial charge >= 0.3 is 0 Å². The van der Waals surface area contributed by atoms with E-state index >= 15 is 0 Å². The highest BCUT2D eigenvalue weighted by atomic mass is 14.9. The molecular formula is C14H22N2. The van der Waals surface area contributed by atoms with Gasteiger partial charge in [0, 0.05) is 32.5 Å². The molecule has 2 nitrogen and oxygen atoms in total. The van der Waals surface area contributed by atoms with Gasteiger partial charge in [-0.05, 0) is 48.6 Å². The molecule has 2 fully saturated rings. The normalized spacial score (nSPS) is 23.1. The predicted octanol–water partition coefficient (Wildman–Crippen LogP) is 2.70. The van der Waals surface area contributed by atoms with Crippen LogP contribution in [0.5, 0.6) is 0 Å². The van der Waals surface area contributed by atoms with Gasteiger partial charge in [0.05, 0.1) is 0 Å². The van der Waals surface area contributed by atoms with Gasteiger partial charge in [0.1, 0.15) is 0 Å². The van der Waals surface area contributed by atoms with Gasteiger partial charge in [-0.2, -0.15) is 0 Å². The molecule has 2 aliphatic carbocycles. The minimum atomic E-state index is 0.703. The summed E-state index contributed by atoms with van der Waals surface area (Å²) in [6.07, 6.45) is 11.7. The smallest absolute Gasteiger partial charge is 0.0220 e. The average molecular weight is 218 g/mol. The van der Waals surface area contributed by atoms with Crippen LogP contribution in [0.15, 0.2) is 18.5 Å². The summed E-state index contributed by atoms with van der Waals surface area (Å²) in [6, 6.07) is 2.21. The van der Waals surface area contributed by atoms with E-state index in [-0.39, 0.29) is 0 Å². The molecule has 0 saturated heterocycles. The number of rotatable bonds is 5. The van der Waals surface area contributed by atoms with Gasteiger partial charge in [-0.15, -0.1) is 0 Å². The monoisotopic (exact) mass is 218 g/mol. The zero-order valence-corrected chi connectivity index (χ0v) is 10.2. The van der Waals surface area contributed by atoms with Crippen LogP contribution >= 0.6 is 0 Å². The van der Waals surface area contributed by atoms with Gasteiger partial charge in [-0.1, -0.05) is 6.42 Å². The molecule has 0 spiro atoms. The van der Waals surface area contributed by atoms with Gasteiger partial charge in [0.2, 0.25) is 0 Å². The first-order valence-corrected chi connectivity index (χ1v) is 6.60. The Labute approximate surface area is 98.0 Å². The van der Waals surface area contributed by atoms with Crippen molar-refractivity contribution in [2.75, 3.05) is 6.54 Å². The summed E-state index contributed by atoms with van der Waals surface area (Å²) in [5.41, 5.74) is 2.11. The van der Waals surface area contributed by atoms with Crippen molar-refractivity contribution in [3.8, 4) is 0 Å². The Morgan fingerprint density at radius 2 is 2.25 bits per heavy atom. The van der Waals surface area contributed by atoms with E-state index in [0.717, 1.165) is 12.5 Å². The molecule has 2 saturated carbocycles. The fourth-order valence-corrected chi connectivity index (χ4v) is 3.18. The molecule has 0 bridgehead atoms. The lowest BCUT2D eigenvalue weighted by Crippen LogP contribution is -2.41. The Balaban J connectivity index is 1.49. The van der Waals surface area contributed by atoms with Crippen LogP contribution in [0.3, 0.4) is 0 Å². The molecule has 1 heterocycles. The molecule has 16 heavy (non-hydrogen) atoms. The summed E-state index contributed by atoms with van der Waals surface area (Å²) in [7, 11) is 2.08. The van der Waals surface area contributed by atoms with E-state index in [1.165, 1.54) is 44.2 Å². The van der Waals surface area contributed by atoms with Crippen molar-refractivity contribution in [1.82, 2.24) is 9.88 Å². The van der Waals surface area contributed by atoms with E-state index in [0.29, 0.717) is 5.41 Å². The molecule has 1 aromatic heterocycles. The summed E-state index contributed by atoms with van der Waals surface area (Å²) in [6.45, 7) is 2.28. The molecule has 0 aliphatic heterocycles. The van der Waals surface area contributed by atoms with Crippen LogP contribution in [0.2, 0.25) is 0 Å². The molecule has 0 atom stereocenters. The van der Waals surface area contributed by atoms with E-state index in [2.05, 4.69) is 35.4 Å². The van der Waals surface area contributed by atoms with Crippen molar-refractivity contribution < 1.29 is 0 Å². The van der Waals surface area contributed by atoms with Gasteiger partial charge in [0.25, 0.3) is 0 Å². The zero-order valence-electron chi connectivity index (χ0n) is 10.2. The van der Waals surface area contributed by atoms with Crippen molar-refractivity contribution in [3.63, 3.8) is 0 Å². The summed E-state index contributed by atoms with van der Waals surface area (Å²) >= 11 is 0. The molecule has 1 N–H and O–H groups in total. The second-order valence-corrected chi connectivity index (χ2v) is 5.78. The van der Waals surface area contributed by atoms with Crippen molar-refractivity contribution in [2.24, 2.45) is 18.4 Å². The van der Waals surface area contributed by atoms with Crippen LogP contribution in [0.4, 0.5) is 0 Å². The molecule has 88 valence electrons. The van der Waals surface area contributed by atoms with Crippen LogP contribution in [0, 0.1) is 11.3 Å². The third-order valence-electron chi connectivity index (χ3n) is 4.49. The maximum Gasteiger partial charge on any atom is 0.0220 e. The fraction of sp³-hybridized carbons (Fsp3) is 0.714. The van der Waals surface area contributed by atoms with E-state index < -0.39 is 0 Å². The summed E-state index contributed by atoms with van der Waals surface area (Å²) in [5, 5.41) is 3.67. The van der Waals surface area contributed by atoms with E-state index in [9.17, 15) is 0 Å². The lowest BCUT2D eigenvalue weighted by atomic mass is 9.65. The highest BCUT2D eigenvalue weighted by Gasteiger charge is 2.48. The van der Waals surface area contributed by atoms with Crippen molar-refractivity contribution in [3.05, 3.63) is 24.0 Å². The molecule has 0 radical (unpaired) electrons. The third-order valence-corrected chi connectivity index (χ3v) is 4.49. The zero-order chi connectivity index (χ0) is 11.0. The Kier molecular flexibility index (Phi) is 2.55. The predicted molar refractivity (Wildman–Crippen MR) is 66.1 cm³/mol.